The number of alkyl halides is 1. The number of fused-ring (bicyclic) bond motifs is 4. The third-order valence-corrected chi connectivity index (χ3v) is 6.81. The summed E-state index contributed by atoms with van der Waals surface area (Å²) in [5.74, 6) is 0.668. The van der Waals surface area contributed by atoms with Gasteiger partial charge in [-0.15, -0.1) is 0 Å². The van der Waals surface area contributed by atoms with Crippen molar-refractivity contribution in [2.24, 2.45) is 4.99 Å². The minimum Gasteiger partial charge on any atom is -0.493 e. The van der Waals surface area contributed by atoms with Crippen LogP contribution in [-0.2, 0) is 17.5 Å². The lowest BCUT2D eigenvalue weighted by atomic mass is 10.1. The second-order valence-corrected chi connectivity index (χ2v) is 8.82. The van der Waals surface area contributed by atoms with E-state index in [2.05, 4.69) is 27.6 Å². The first-order valence-corrected chi connectivity index (χ1v) is 12.1. The average molecular weight is 569 g/mol. The second kappa shape index (κ2) is 9.05. The SMILES string of the molecule is COc1cc2c(cc1OCc1cc(CI)cc([N+](=O)[O-])c1)N=C[C@@H]1Cc3ccccc3N1C2=O. The number of hydrogen-bond donors (Lipinski definition) is 0. The Labute approximate surface area is 209 Å². The predicted octanol–water partition coefficient (Wildman–Crippen LogP) is 5.40. The van der Waals surface area contributed by atoms with Crippen molar-refractivity contribution >= 4 is 51.8 Å². The molecule has 0 fully saturated rings. The summed E-state index contributed by atoms with van der Waals surface area (Å²) in [6, 6.07) is 16.0. The van der Waals surface area contributed by atoms with Crippen LogP contribution in [0, 0.1) is 10.1 Å². The van der Waals surface area contributed by atoms with Crippen molar-refractivity contribution in [2.45, 2.75) is 23.5 Å². The molecular weight excluding hydrogens is 549 g/mol. The highest BCUT2D eigenvalue weighted by Gasteiger charge is 2.36. The molecule has 172 valence electrons. The zero-order valence-electron chi connectivity index (χ0n) is 18.2. The second-order valence-electron chi connectivity index (χ2n) is 8.06. The quantitative estimate of drug-likeness (QED) is 0.172. The first-order valence-electron chi connectivity index (χ1n) is 10.6. The fourth-order valence-electron chi connectivity index (χ4n) is 4.36. The molecular formula is C25H20IN3O5. The van der Waals surface area contributed by atoms with Crippen LogP contribution in [0.3, 0.4) is 0 Å². The molecule has 0 aromatic heterocycles. The number of halogens is 1. The molecule has 2 heterocycles. The Hall–Kier alpha value is -3.47. The van der Waals surface area contributed by atoms with E-state index >= 15 is 0 Å². The number of aliphatic imine (C=N–C) groups is 1. The van der Waals surface area contributed by atoms with Gasteiger partial charge in [-0.1, -0.05) is 46.9 Å². The van der Waals surface area contributed by atoms with E-state index in [0.29, 0.717) is 39.2 Å². The minimum absolute atomic E-state index is 0.0257. The van der Waals surface area contributed by atoms with Gasteiger partial charge in [0.05, 0.1) is 29.3 Å². The molecule has 3 aromatic rings. The number of carbonyl (C=O) groups excluding carboxylic acids is 1. The first kappa shape index (κ1) is 22.3. The summed E-state index contributed by atoms with van der Waals surface area (Å²) in [5, 5.41) is 11.3. The van der Waals surface area contributed by atoms with Gasteiger partial charge in [0.1, 0.15) is 6.61 Å². The van der Waals surface area contributed by atoms with Crippen molar-refractivity contribution in [3.05, 3.63) is 87.0 Å². The number of methoxy groups -OCH3 is 1. The van der Waals surface area contributed by atoms with Crippen LogP contribution in [-0.4, -0.2) is 30.2 Å². The molecule has 2 aliphatic heterocycles. The molecule has 5 rings (SSSR count). The van der Waals surface area contributed by atoms with Gasteiger partial charge in [-0.25, -0.2) is 0 Å². The monoisotopic (exact) mass is 569 g/mol. The highest BCUT2D eigenvalue weighted by Crippen LogP contribution is 2.41. The van der Waals surface area contributed by atoms with E-state index in [1.54, 1.807) is 29.3 Å². The number of anilines is 1. The van der Waals surface area contributed by atoms with E-state index in [4.69, 9.17) is 9.47 Å². The van der Waals surface area contributed by atoms with Gasteiger partial charge in [0, 0.05) is 40.9 Å². The van der Waals surface area contributed by atoms with E-state index in [9.17, 15) is 14.9 Å². The molecule has 0 saturated carbocycles. The van der Waals surface area contributed by atoms with Crippen LogP contribution in [0.5, 0.6) is 11.5 Å². The molecule has 9 heteroatoms. The van der Waals surface area contributed by atoms with Gasteiger partial charge in [0.15, 0.2) is 11.5 Å². The van der Waals surface area contributed by atoms with Crippen molar-refractivity contribution in [3.8, 4) is 11.5 Å². The number of rotatable bonds is 6. The lowest BCUT2D eigenvalue weighted by molar-refractivity contribution is -0.385. The van der Waals surface area contributed by atoms with Gasteiger partial charge in [-0.05, 0) is 28.8 Å². The largest absolute Gasteiger partial charge is 0.493 e. The number of amides is 1. The van der Waals surface area contributed by atoms with E-state index in [-0.39, 0.29) is 24.2 Å². The van der Waals surface area contributed by atoms with Crippen molar-refractivity contribution in [2.75, 3.05) is 12.0 Å². The number of nitro groups is 1. The summed E-state index contributed by atoms with van der Waals surface area (Å²) in [4.78, 5) is 30.7. The molecule has 0 N–H and O–H groups in total. The van der Waals surface area contributed by atoms with Crippen LogP contribution >= 0.6 is 22.6 Å². The highest BCUT2D eigenvalue weighted by atomic mass is 127. The summed E-state index contributed by atoms with van der Waals surface area (Å²) in [6.45, 7) is 0.111. The maximum Gasteiger partial charge on any atom is 0.270 e. The molecule has 0 aliphatic carbocycles. The van der Waals surface area contributed by atoms with Crippen molar-refractivity contribution in [1.82, 2.24) is 0 Å². The van der Waals surface area contributed by atoms with Crippen LogP contribution in [0.4, 0.5) is 17.1 Å². The third-order valence-electron chi connectivity index (χ3n) is 5.93. The average Bonchev–Trinajstić information content (AvgIpc) is 3.17. The van der Waals surface area contributed by atoms with E-state index in [1.807, 2.05) is 30.3 Å². The Kier molecular flexibility index (Phi) is 5.94. The Morgan fingerprint density at radius 1 is 1.15 bits per heavy atom. The van der Waals surface area contributed by atoms with Crippen molar-refractivity contribution in [3.63, 3.8) is 0 Å². The lowest BCUT2D eigenvalue weighted by Crippen LogP contribution is -2.37. The van der Waals surface area contributed by atoms with Gasteiger partial charge >= 0.3 is 0 Å². The van der Waals surface area contributed by atoms with Crippen LogP contribution in [0.1, 0.15) is 27.0 Å². The molecule has 3 aromatic carbocycles. The third kappa shape index (κ3) is 4.00. The molecule has 2 aliphatic rings. The van der Waals surface area contributed by atoms with Crippen LogP contribution in [0.25, 0.3) is 0 Å². The smallest absolute Gasteiger partial charge is 0.270 e. The lowest BCUT2D eigenvalue weighted by Gasteiger charge is -2.22. The van der Waals surface area contributed by atoms with Gasteiger partial charge in [-0.3, -0.25) is 24.8 Å². The number of nitro benzene ring substituents is 1. The Balaban J connectivity index is 1.46. The number of benzene rings is 3. The Morgan fingerprint density at radius 2 is 1.94 bits per heavy atom. The number of para-hydroxylation sites is 1. The number of ether oxygens (including phenoxy) is 2. The summed E-state index contributed by atoms with van der Waals surface area (Å²) in [7, 11) is 1.51. The minimum atomic E-state index is -0.410. The highest BCUT2D eigenvalue weighted by molar-refractivity contribution is 14.1. The maximum absolute atomic E-state index is 13.5. The summed E-state index contributed by atoms with van der Waals surface area (Å²) < 4.78 is 12.2. The maximum atomic E-state index is 13.5. The molecule has 0 bridgehead atoms. The first-order chi connectivity index (χ1) is 16.5. The van der Waals surface area contributed by atoms with Crippen LogP contribution in [0.2, 0.25) is 0 Å². The number of carbonyl (C=O) groups is 1. The fourth-order valence-corrected chi connectivity index (χ4v) is 4.80. The number of nitrogens with zero attached hydrogens (tertiary/aromatic N) is 3. The number of non-ortho nitro benzene ring substituents is 1. The van der Waals surface area contributed by atoms with Gasteiger partial charge < -0.3 is 9.47 Å². The summed E-state index contributed by atoms with van der Waals surface area (Å²) in [5.41, 5.74) is 4.49. The molecule has 0 saturated heterocycles. The van der Waals surface area contributed by atoms with E-state index in [1.165, 1.54) is 13.2 Å². The standard InChI is InChI=1S/C25H20IN3O5/c1-33-23-10-20-21(27-13-19-9-17-4-2-3-5-22(17)28(19)25(20)30)11-24(23)34-14-16-6-15(12-26)7-18(8-16)29(31)32/h2-8,10-11,13,19H,9,12,14H2,1H3/t19-/m0/s1. The van der Waals surface area contributed by atoms with Crippen LogP contribution < -0.4 is 14.4 Å². The fraction of sp³-hybridized carbons (Fsp3) is 0.200. The molecule has 0 unspecified atom stereocenters. The van der Waals surface area contributed by atoms with Crippen LogP contribution in [0.15, 0.2) is 59.6 Å². The van der Waals surface area contributed by atoms with Gasteiger partial charge in [0.25, 0.3) is 11.6 Å². The Bertz CT molecular complexity index is 1340. The van der Waals surface area contributed by atoms with Crippen molar-refractivity contribution < 1.29 is 19.2 Å². The predicted molar refractivity (Wildman–Crippen MR) is 137 cm³/mol. The normalized spacial score (nSPS) is 15.9. The summed E-state index contributed by atoms with van der Waals surface area (Å²) in [6.07, 6.45) is 2.51. The summed E-state index contributed by atoms with van der Waals surface area (Å²) >= 11 is 2.17. The van der Waals surface area contributed by atoms with Crippen molar-refractivity contribution in [1.29, 1.82) is 0 Å². The molecule has 1 atom stereocenters. The zero-order valence-corrected chi connectivity index (χ0v) is 20.4. The zero-order chi connectivity index (χ0) is 23.8. The molecule has 34 heavy (non-hydrogen) atoms. The van der Waals surface area contributed by atoms with E-state index in [0.717, 1.165) is 16.8 Å². The molecule has 8 nitrogen and oxygen atoms in total. The molecule has 0 radical (unpaired) electrons. The number of hydrogen-bond acceptors (Lipinski definition) is 6. The Morgan fingerprint density at radius 3 is 2.71 bits per heavy atom. The van der Waals surface area contributed by atoms with Gasteiger partial charge in [0.2, 0.25) is 0 Å². The van der Waals surface area contributed by atoms with Gasteiger partial charge in [-0.2, -0.15) is 0 Å². The molecule has 1 amide bonds. The molecule has 0 spiro atoms. The topological polar surface area (TPSA) is 94.3 Å². The van der Waals surface area contributed by atoms with E-state index < -0.39 is 4.92 Å².